The Kier molecular flexibility index (Phi) is 2.04. The normalized spacial score (nSPS) is 30.3. The molecule has 0 atom stereocenters. The Hall–Kier alpha value is -0.0400. The van der Waals surface area contributed by atoms with E-state index in [-0.39, 0.29) is 0 Å². The minimum Gasteiger partial charge on any atom is -0.301 e. The molecule has 0 spiro atoms. The molecule has 1 fully saturated rings. The van der Waals surface area contributed by atoms with Gasteiger partial charge in [-0.25, -0.2) is 0 Å². The molecule has 0 aromatic carbocycles. The Morgan fingerprint density at radius 2 is 1.64 bits per heavy atom. The van der Waals surface area contributed by atoms with E-state index in [1.807, 2.05) is 0 Å². The van der Waals surface area contributed by atoms with Crippen LogP contribution in [0.1, 0.15) is 40.5 Å². The molecule has 0 amide bonds. The van der Waals surface area contributed by atoms with E-state index in [1.165, 1.54) is 19.4 Å². The minimum absolute atomic E-state index is 0.405. The number of rotatable bonds is 0. The summed E-state index contributed by atoms with van der Waals surface area (Å²) in [5.74, 6) is 0. The van der Waals surface area contributed by atoms with Gasteiger partial charge in [0.2, 0.25) is 0 Å². The first-order chi connectivity index (χ1) is 4.83. The number of nitrogens with zero attached hydrogens (tertiary/aromatic N) is 1. The lowest BCUT2D eigenvalue weighted by molar-refractivity contribution is 0.0340. The van der Waals surface area contributed by atoms with Gasteiger partial charge in [-0.05, 0) is 45.7 Å². The molecule has 1 saturated heterocycles. The van der Waals surface area contributed by atoms with E-state index in [0.29, 0.717) is 11.0 Å². The van der Waals surface area contributed by atoms with E-state index < -0.39 is 0 Å². The summed E-state index contributed by atoms with van der Waals surface area (Å²) in [6.07, 6.45) is 2.66. The molecule has 66 valence electrons. The molecule has 0 N–H and O–H groups in total. The highest BCUT2D eigenvalue weighted by molar-refractivity contribution is 4.91. The SMILES string of the molecule is CN1CCC(C)(C)CC1(C)C. The molecule has 0 saturated carbocycles. The van der Waals surface area contributed by atoms with Crippen LogP contribution in [0.5, 0.6) is 0 Å². The van der Waals surface area contributed by atoms with Gasteiger partial charge in [-0.3, -0.25) is 0 Å². The van der Waals surface area contributed by atoms with Crippen molar-refractivity contribution < 1.29 is 0 Å². The van der Waals surface area contributed by atoms with E-state index in [4.69, 9.17) is 0 Å². The van der Waals surface area contributed by atoms with Gasteiger partial charge < -0.3 is 4.90 Å². The smallest absolute Gasteiger partial charge is 0.0155 e. The van der Waals surface area contributed by atoms with Crippen molar-refractivity contribution in [2.75, 3.05) is 13.6 Å². The zero-order chi connectivity index (χ0) is 8.70. The Bertz CT molecular complexity index is 147. The second-order valence-electron chi connectivity index (χ2n) is 5.32. The average Bonchev–Trinajstić information content (AvgIpc) is 1.77. The van der Waals surface area contributed by atoms with Crippen LogP contribution in [0, 0.1) is 5.41 Å². The standard InChI is InChI=1S/C10H21N/c1-9(2)6-7-11(5)10(3,4)8-9/h6-8H2,1-5H3. The van der Waals surface area contributed by atoms with Crippen LogP contribution in [0.25, 0.3) is 0 Å². The summed E-state index contributed by atoms with van der Waals surface area (Å²) < 4.78 is 0. The third-order valence-electron chi connectivity index (χ3n) is 3.07. The third-order valence-corrected chi connectivity index (χ3v) is 3.07. The van der Waals surface area contributed by atoms with Crippen molar-refractivity contribution in [1.29, 1.82) is 0 Å². The van der Waals surface area contributed by atoms with Crippen molar-refractivity contribution >= 4 is 0 Å². The fraction of sp³-hybridized carbons (Fsp3) is 1.00. The Balaban J connectivity index is 2.67. The highest BCUT2D eigenvalue weighted by Crippen LogP contribution is 2.38. The Labute approximate surface area is 70.8 Å². The lowest BCUT2D eigenvalue weighted by Crippen LogP contribution is -2.49. The third kappa shape index (κ3) is 1.96. The maximum absolute atomic E-state index is 2.47. The molecule has 0 unspecified atom stereocenters. The number of hydrogen-bond acceptors (Lipinski definition) is 1. The van der Waals surface area contributed by atoms with Gasteiger partial charge in [-0.2, -0.15) is 0 Å². The molecule has 1 rings (SSSR count). The van der Waals surface area contributed by atoms with Gasteiger partial charge in [-0.1, -0.05) is 13.8 Å². The van der Waals surface area contributed by atoms with Gasteiger partial charge in [-0.15, -0.1) is 0 Å². The monoisotopic (exact) mass is 155 g/mol. The summed E-state index contributed by atoms with van der Waals surface area (Å²) in [5, 5.41) is 0. The van der Waals surface area contributed by atoms with E-state index in [1.54, 1.807) is 0 Å². The minimum atomic E-state index is 0.405. The molecule has 0 aromatic rings. The van der Waals surface area contributed by atoms with Crippen LogP contribution in [0.4, 0.5) is 0 Å². The van der Waals surface area contributed by atoms with Crippen LogP contribution in [0.2, 0.25) is 0 Å². The van der Waals surface area contributed by atoms with Crippen molar-refractivity contribution in [2.24, 2.45) is 5.41 Å². The highest BCUT2D eigenvalue weighted by atomic mass is 15.2. The van der Waals surface area contributed by atoms with Gasteiger partial charge in [0, 0.05) is 5.54 Å². The molecular formula is C10H21N. The zero-order valence-electron chi connectivity index (χ0n) is 8.57. The quantitative estimate of drug-likeness (QED) is 0.519. The Morgan fingerprint density at radius 3 is 2.00 bits per heavy atom. The molecular weight excluding hydrogens is 134 g/mol. The zero-order valence-corrected chi connectivity index (χ0v) is 8.57. The van der Waals surface area contributed by atoms with Gasteiger partial charge in [0.15, 0.2) is 0 Å². The highest BCUT2D eigenvalue weighted by Gasteiger charge is 2.36. The summed E-state index contributed by atoms with van der Waals surface area (Å²) in [7, 11) is 2.23. The molecule has 11 heavy (non-hydrogen) atoms. The maximum Gasteiger partial charge on any atom is 0.0155 e. The predicted octanol–water partition coefficient (Wildman–Crippen LogP) is 2.52. The van der Waals surface area contributed by atoms with E-state index in [0.717, 1.165) is 0 Å². The largest absolute Gasteiger partial charge is 0.301 e. The lowest BCUT2D eigenvalue weighted by Gasteiger charge is -2.47. The molecule has 0 bridgehead atoms. The molecule has 1 aliphatic heterocycles. The average molecular weight is 155 g/mol. The molecule has 1 heterocycles. The van der Waals surface area contributed by atoms with Crippen LogP contribution in [0.15, 0.2) is 0 Å². The van der Waals surface area contributed by atoms with E-state index in [2.05, 4.69) is 39.6 Å². The topological polar surface area (TPSA) is 3.24 Å². The first kappa shape index (κ1) is 9.05. The van der Waals surface area contributed by atoms with Crippen molar-refractivity contribution in [3.63, 3.8) is 0 Å². The van der Waals surface area contributed by atoms with Crippen LogP contribution in [0.3, 0.4) is 0 Å². The second kappa shape index (κ2) is 2.48. The van der Waals surface area contributed by atoms with Crippen molar-refractivity contribution in [3.05, 3.63) is 0 Å². The van der Waals surface area contributed by atoms with Crippen LogP contribution >= 0.6 is 0 Å². The van der Waals surface area contributed by atoms with Crippen molar-refractivity contribution in [2.45, 2.75) is 46.1 Å². The molecule has 1 aliphatic rings. The number of hydrogen-bond donors (Lipinski definition) is 0. The summed E-state index contributed by atoms with van der Waals surface area (Å²) in [5.41, 5.74) is 0.956. The van der Waals surface area contributed by atoms with Crippen molar-refractivity contribution in [1.82, 2.24) is 4.90 Å². The van der Waals surface area contributed by atoms with E-state index in [9.17, 15) is 0 Å². The molecule has 1 nitrogen and oxygen atoms in total. The first-order valence-corrected chi connectivity index (χ1v) is 4.55. The lowest BCUT2D eigenvalue weighted by atomic mass is 9.74. The van der Waals surface area contributed by atoms with Crippen LogP contribution in [-0.4, -0.2) is 24.0 Å². The second-order valence-corrected chi connectivity index (χ2v) is 5.32. The summed E-state index contributed by atoms with van der Waals surface area (Å²) in [4.78, 5) is 2.47. The molecule has 0 radical (unpaired) electrons. The summed E-state index contributed by atoms with van der Waals surface area (Å²) in [6, 6.07) is 0. The van der Waals surface area contributed by atoms with Gasteiger partial charge in [0.1, 0.15) is 0 Å². The molecule has 1 heteroatoms. The fourth-order valence-electron chi connectivity index (χ4n) is 2.17. The summed E-state index contributed by atoms with van der Waals surface area (Å²) in [6.45, 7) is 10.7. The summed E-state index contributed by atoms with van der Waals surface area (Å²) >= 11 is 0. The maximum atomic E-state index is 2.47. The fourth-order valence-corrected chi connectivity index (χ4v) is 2.17. The molecule has 0 aromatic heterocycles. The van der Waals surface area contributed by atoms with Gasteiger partial charge in [0.05, 0.1) is 0 Å². The predicted molar refractivity (Wildman–Crippen MR) is 49.7 cm³/mol. The number of piperidine rings is 1. The van der Waals surface area contributed by atoms with Crippen LogP contribution in [-0.2, 0) is 0 Å². The first-order valence-electron chi connectivity index (χ1n) is 4.55. The van der Waals surface area contributed by atoms with Crippen molar-refractivity contribution in [3.8, 4) is 0 Å². The van der Waals surface area contributed by atoms with Gasteiger partial charge >= 0.3 is 0 Å². The Morgan fingerprint density at radius 1 is 1.09 bits per heavy atom. The van der Waals surface area contributed by atoms with Gasteiger partial charge in [0.25, 0.3) is 0 Å². The van der Waals surface area contributed by atoms with Crippen LogP contribution < -0.4 is 0 Å². The van der Waals surface area contributed by atoms with E-state index >= 15 is 0 Å². The molecule has 0 aliphatic carbocycles. The number of likely N-dealkylation sites (tertiary alicyclic amines) is 1.